The molecule has 150 valence electrons. The Balaban J connectivity index is 1.54. The summed E-state index contributed by atoms with van der Waals surface area (Å²) in [6.07, 6.45) is 0. The van der Waals surface area contributed by atoms with Gasteiger partial charge in [0.15, 0.2) is 0 Å². The van der Waals surface area contributed by atoms with E-state index in [1.165, 1.54) is 10.4 Å². The Hall–Kier alpha value is -1.93. The number of rotatable bonds is 6. The largest absolute Gasteiger partial charge is 0.340 e. The summed E-state index contributed by atoms with van der Waals surface area (Å²) in [7, 11) is -1.84. The molecule has 0 unspecified atom stereocenters. The number of piperazine rings is 1. The summed E-state index contributed by atoms with van der Waals surface area (Å²) in [4.78, 5) is 16.3. The molecule has 0 aromatic heterocycles. The summed E-state index contributed by atoms with van der Waals surface area (Å²) >= 11 is 6.06. The van der Waals surface area contributed by atoms with E-state index in [-0.39, 0.29) is 22.4 Å². The van der Waals surface area contributed by atoms with E-state index in [0.717, 1.165) is 5.56 Å². The third-order valence-corrected chi connectivity index (χ3v) is 7.23. The minimum absolute atomic E-state index is 0.0197. The standard InChI is InChI=1S/C20H24ClN3O3S/c1-22(15-17-7-3-2-4-8-17)20(25)16-23-11-13-24(14-12-23)28(26,27)19-10-6-5-9-18(19)21/h2-10H,11-16H2,1H3. The highest BCUT2D eigenvalue weighted by Crippen LogP contribution is 2.25. The number of likely N-dealkylation sites (N-methyl/N-ethyl adjacent to an activating group) is 1. The first kappa shape index (κ1) is 20.8. The lowest BCUT2D eigenvalue weighted by atomic mass is 10.2. The molecule has 8 heteroatoms. The number of carbonyl (C=O) groups is 1. The number of amides is 1. The average molecular weight is 422 g/mol. The topological polar surface area (TPSA) is 60.9 Å². The first-order chi connectivity index (χ1) is 13.4. The molecule has 6 nitrogen and oxygen atoms in total. The fraction of sp³-hybridized carbons (Fsp3) is 0.350. The van der Waals surface area contributed by atoms with Crippen LogP contribution in [0.5, 0.6) is 0 Å². The van der Waals surface area contributed by atoms with Gasteiger partial charge in [0.25, 0.3) is 0 Å². The SMILES string of the molecule is CN(Cc1ccccc1)C(=O)CN1CCN(S(=O)(=O)c2ccccc2Cl)CC1. The smallest absolute Gasteiger partial charge is 0.244 e. The lowest BCUT2D eigenvalue weighted by molar-refractivity contribution is -0.131. The van der Waals surface area contributed by atoms with Gasteiger partial charge in [-0.05, 0) is 17.7 Å². The Kier molecular flexibility index (Phi) is 6.72. The van der Waals surface area contributed by atoms with Gasteiger partial charge in [-0.15, -0.1) is 0 Å². The van der Waals surface area contributed by atoms with Crippen molar-refractivity contribution in [3.8, 4) is 0 Å². The summed E-state index contributed by atoms with van der Waals surface area (Å²) in [5.74, 6) is 0.0197. The zero-order valence-corrected chi connectivity index (χ0v) is 17.4. The van der Waals surface area contributed by atoms with Crippen molar-refractivity contribution < 1.29 is 13.2 Å². The Morgan fingerprint density at radius 2 is 1.61 bits per heavy atom. The van der Waals surface area contributed by atoms with Crippen molar-refractivity contribution in [1.29, 1.82) is 0 Å². The third-order valence-electron chi connectivity index (χ3n) is 4.83. The zero-order chi connectivity index (χ0) is 20.1. The first-order valence-electron chi connectivity index (χ1n) is 9.13. The summed E-state index contributed by atoms with van der Waals surface area (Å²) in [6.45, 7) is 2.53. The quantitative estimate of drug-likeness (QED) is 0.718. The van der Waals surface area contributed by atoms with Crippen LogP contribution < -0.4 is 0 Å². The lowest BCUT2D eigenvalue weighted by Gasteiger charge is -2.34. The molecule has 0 radical (unpaired) electrons. The zero-order valence-electron chi connectivity index (χ0n) is 15.8. The molecule has 1 aliphatic rings. The molecule has 2 aromatic carbocycles. The van der Waals surface area contributed by atoms with Gasteiger partial charge < -0.3 is 4.90 Å². The van der Waals surface area contributed by atoms with Crippen LogP contribution >= 0.6 is 11.6 Å². The van der Waals surface area contributed by atoms with Gasteiger partial charge in [-0.3, -0.25) is 9.69 Å². The predicted molar refractivity (Wildman–Crippen MR) is 110 cm³/mol. The van der Waals surface area contributed by atoms with Gasteiger partial charge in [-0.25, -0.2) is 8.42 Å². The summed E-state index contributed by atoms with van der Waals surface area (Å²) in [5, 5.41) is 0.225. The Morgan fingerprint density at radius 3 is 2.25 bits per heavy atom. The second kappa shape index (κ2) is 9.05. The molecule has 1 amide bonds. The van der Waals surface area contributed by atoms with Crippen LogP contribution in [0.15, 0.2) is 59.5 Å². The summed E-state index contributed by atoms with van der Waals surface area (Å²) in [5.41, 5.74) is 1.08. The minimum Gasteiger partial charge on any atom is -0.340 e. The Bertz CT molecular complexity index is 913. The molecule has 1 saturated heterocycles. The van der Waals surface area contributed by atoms with Crippen molar-refractivity contribution in [3.63, 3.8) is 0 Å². The summed E-state index contributed by atoms with van der Waals surface area (Å²) in [6, 6.07) is 16.3. The van der Waals surface area contributed by atoms with E-state index in [1.807, 2.05) is 35.2 Å². The number of hydrogen-bond acceptors (Lipinski definition) is 4. The van der Waals surface area contributed by atoms with Crippen LogP contribution in [0.25, 0.3) is 0 Å². The third kappa shape index (κ3) is 4.91. The minimum atomic E-state index is -3.62. The van der Waals surface area contributed by atoms with E-state index < -0.39 is 10.0 Å². The van der Waals surface area contributed by atoms with Crippen molar-refractivity contribution >= 4 is 27.5 Å². The van der Waals surface area contributed by atoms with E-state index >= 15 is 0 Å². The first-order valence-corrected chi connectivity index (χ1v) is 10.9. The maximum Gasteiger partial charge on any atom is 0.244 e. The van der Waals surface area contributed by atoms with E-state index in [1.54, 1.807) is 30.1 Å². The van der Waals surface area contributed by atoms with E-state index in [0.29, 0.717) is 32.7 Å². The number of benzene rings is 2. The van der Waals surface area contributed by atoms with Crippen molar-refractivity contribution in [2.75, 3.05) is 39.8 Å². The second-order valence-electron chi connectivity index (χ2n) is 6.85. The molecule has 0 aliphatic carbocycles. The normalized spacial score (nSPS) is 16.1. The highest BCUT2D eigenvalue weighted by atomic mass is 35.5. The number of hydrogen-bond donors (Lipinski definition) is 0. The summed E-state index contributed by atoms with van der Waals surface area (Å²) < 4.78 is 27.0. The van der Waals surface area contributed by atoms with Gasteiger partial charge in [-0.2, -0.15) is 4.31 Å². The van der Waals surface area contributed by atoms with Gasteiger partial charge in [0, 0.05) is 39.8 Å². The lowest BCUT2D eigenvalue weighted by Crippen LogP contribution is -2.51. The number of carbonyl (C=O) groups excluding carboxylic acids is 1. The van der Waals surface area contributed by atoms with Gasteiger partial charge in [0.05, 0.1) is 11.6 Å². The molecule has 0 bridgehead atoms. The number of nitrogens with zero attached hydrogens (tertiary/aromatic N) is 3. The second-order valence-corrected chi connectivity index (χ2v) is 9.16. The van der Waals surface area contributed by atoms with Gasteiger partial charge in [-0.1, -0.05) is 54.1 Å². The molecule has 1 heterocycles. The van der Waals surface area contributed by atoms with Gasteiger partial charge >= 0.3 is 0 Å². The van der Waals surface area contributed by atoms with Gasteiger partial charge in [0.2, 0.25) is 15.9 Å². The molecule has 0 spiro atoms. The van der Waals surface area contributed by atoms with Crippen LogP contribution in [0.1, 0.15) is 5.56 Å². The van der Waals surface area contributed by atoms with Crippen molar-refractivity contribution in [1.82, 2.24) is 14.1 Å². The molecule has 28 heavy (non-hydrogen) atoms. The Morgan fingerprint density at radius 1 is 1.00 bits per heavy atom. The molecular formula is C20H24ClN3O3S. The van der Waals surface area contributed by atoms with Crippen LogP contribution in [0.3, 0.4) is 0 Å². The van der Waals surface area contributed by atoms with Crippen LogP contribution in [0.2, 0.25) is 5.02 Å². The molecule has 1 aliphatic heterocycles. The monoisotopic (exact) mass is 421 g/mol. The number of sulfonamides is 1. The highest BCUT2D eigenvalue weighted by molar-refractivity contribution is 7.89. The average Bonchev–Trinajstić information content (AvgIpc) is 2.69. The molecule has 2 aromatic rings. The van der Waals surface area contributed by atoms with Crippen molar-refractivity contribution in [3.05, 3.63) is 65.2 Å². The molecule has 0 saturated carbocycles. The maximum absolute atomic E-state index is 12.8. The van der Waals surface area contributed by atoms with Crippen LogP contribution in [-0.4, -0.2) is 68.2 Å². The molecule has 1 fully saturated rings. The molecule has 0 atom stereocenters. The molecule has 3 rings (SSSR count). The van der Waals surface area contributed by atoms with Crippen LogP contribution in [0, 0.1) is 0 Å². The van der Waals surface area contributed by atoms with Crippen LogP contribution in [0.4, 0.5) is 0 Å². The highest BCUT2D eigenvalue weighted by Gasteiger charge is 2.30. The van der Waals surface area contributed by atoms with E-state index in [4.69, 9.17) is 11.6 Å². The molecular weight excluding hydrogens is 398 g/mol. The van der Waals surface area contributed by atoms with Crippen molar-refractivity contribution in [2.24, 2.45) is 0 Å². The van der Waals surface area contributed by atoms with E-state index in [2.05, 4.69) is 0 Å². The Labute approximate surface area is 171 Å². The number of halogens is 1. The van der Waals surface area contributed by atoms with Crippen molar-refractivity contribution in [2.45, 2.75) is 11.4 Å². The molecule has 0 N–H and O–H groups in total. The van der Waals surface area contributed by atoms with Crippen LogP contribution in [-0.2, 0) is 21.4 Å². The maximum atomic E-state index is 12.8. The van der Waals surface area contributed by atoms with E-state index in [9.17, 15) is 13.2 Å². The van der Waals surface area contributed by atoms with Gasteiger partial charge in [0.1, 0.15) is 4.90 Å². The predicted octanol–water partition coefficient (Wildman–Crippen LogP) is 2.30. The fourth-order valence-corrected chi connectivity index (χ4v) is 5.09. The fourth-order valence-electron chi connectivity index (χ4n) is 3.18.